The molecule has 62 valence electrons. The van der Waals surface area contributed by atoms with Crippen LogP contribution >= 0.6 is 11.6 Å². The Kier molecular flexibility index (Phi) is 1.92. The summed E-state index contributed by atoms with van der Waals surface area (Å²) >= 11 is 5.62. The van der Waals surface area contributed by atoms with Gasteiger partial charge < -0.3 is 4.57 Å². The van der Waals surface area contributed by atoms with Gasteiger partial charge in [0.1, 0.15) is 0 Å². The van der Waals surface area contributed by atoms with E-state index in [-0.39, 0.29) is 10.7 Å². The number of rotatable bonds is 0. The minimum Gasteiger partial charge on any atom is -0.314 e. The Hall–Kier alpha value is -0.570. The highest BCUT2D eigenvalue weighted by atomic mass is 35.5. The van der Waals surface area contributed by atoms with E-state index in [1.54, 1.807) is 4.57 Å². The maximum absolute atomic E-state index is 12.6. The Bertz CT molecular complexity index is 262. The Balaban J connectivity index is 3.15. The fourth-order valence-corrected chi connectivity index (χ4v) is 1.13. The highest BCUT2D eigenvalue weighted by Gasteiger charge is 2.18. The van der Waals surface area contributed by atoms with Crippen molar-refractivity contribution in [1.29, 1.82) is 0 Å². The summed E-state index contributed by atoms with van der Waals surface area (Å²) in [5.41, 5.74) is -0.214. The summed E-state index contributed by atoms with van der Waals surface area (Å²) in [4.78, 5) is 3.45. The van der Waals surface area contributed by atoms with Crippen LogP contribution in [0.1, 0.15) is 20.8 Å². The highest BCUT2D eigenvalue weighted by Crippen LogP contribution is 2.22. The second-order valence-corrected chi connectivity index (χ2v) is 3.73. The standard InChI is InChI=1S/C7H10ClFN2/c1-7(2,3)11-4-10-6(9)5(11)8/h4H,1-3H3. The van der Waals surface area contributed by atoms with Gasteiger partial charge in [0.25, 0.3) is 0 Å². The summed E-state index contributed by atoms with van der Waals surface area (Å²) in [6.45, 7) is 5.79. The molecule has 0 aliphatic rings. The molecule has 0 saturated carbocycles. The zero-order chi connectivity index (χ0) is 8.65. The first-order chi connectivity index (χ1) is 4.93. The van der Waals surface area contributed by atoms with Crippen LogP contribution in [0.15, 0.2) is 6.33 Å². The first-order valence-corrected chi connectivity index (χ1v) is 3.69. The molecule has 2 nitrogen and oxygen atoms in total. The van der Waals surface area contributed by atoms with Crippen molar-refractivity contribution in [2.75, 3.05) is 0 Å². The van der Waals surface area contributed by atoms with Gasteiger partial charge in [0.15, 0.2) is 5.15 Å². The van der Waals surface area contributed by atoms with Crippen LogP contribution in [0.2, 0.25) is 5.15 Å². The molecule has 11 heavy (non-hydrogen) atoms. The van der Waals surface area contributed by atoms with Crippen LogP contribution in [-0.2, 0) is 5.54 Å². The third-order valence-electron chi connectivity index (χ3n) is 1.39. The Morgan fingerprint density at radius 1 is 1.55 bits per heavy atom. The molecule has 1 aromatic rings. The molecule has 0 fully saturated rings. The van der Waals surface area contributed by atoms with Crippen LogP contribution < -0.4 is 0 Å². The number of aromatic nitrogens is 2. The molecule has 1 heterocycles. The van der Waals surface area contributed by atoms with Crippen molar-refractivity contribution in [3.8, 4) is 0 Å². The monoisotopic (exact) mass is 176 g/mol. The van der Waals surface area contributed by atoms with Gasteiger partial charge in [0.2, 0.25) is 5.95 Å². The molecule has 0 spiro atoms. The fourth-order valence-electron chi connectivity index (χ4n) is 0.779. The normalized spacial score (nSPS) is 12.1. The van der Waals surface area contributed by atoms with Gasteiger partial charge in [-0.15, -0.1) is 0 Å². The predicted octanol–water partition coefficient (Wildman–Crippen LogP) is 2.43. The van der Waals surface area contributed by atoms with Crippen molar-refractivity contribution in [2.45, 2.75) is 26.3 Å². The lowest BCUT2D eigenvalue weighted by Crippen LogP contribution is -2.20. The van der Waals surface area contributed by atoms with Crippen molar-refractivity contribution < 1.29 is 4.39 Å². The average Bonchev–Trinajstić information content (AvgIpc) is 2.11. The van der Waals surface area contributed by atoms with Gasteiger partial charge in [-0.2, -0.15) is 4.39 Å². The second kappa shape index (κ2) is 2.48. The molecule has 0 amide bonds. The van der Waals surface area contributed by atoms with Gasteiger partial charge in [-0.3, -0.25) is 0 Å². The van der Waals surface area contributed by atoms with Crippen LogP contribution in [0, 0.1) is 5.95 Å². The first kappa shape index (κ1) is 8.53. The molecular formula is C7H10ClFN2. The van der Waals surface area contributed by atoms with Crippen molar-refractivity contribution in [3.05, 3.63) is 17.4 Å². The Morgan fingerprint density at radius 2 is 2.09 bits per heavy atom. The van der Waals surface area contributed by atoms with Gasteiger partial charge in [-0.05, 0) is 20.8 Å². The molecule has 0 aliphatic carbocycles. The molecule has 0 bridgehead atoms. The van der Waals surface area contributed by atoms with E-state index >= 15 is 0 Å². The quantitative estimate of drug-likeness (QED) is 0.594. The van der Waals surface area contributed by atoms with Crippen molar-refractivity contribution >= 4 is 11.6 Å². The molecule has 0 aromatic carbocycles. The maximum atomic E-state index is 12.6. The second-order valence-electron chi connectivity index (χ2n) is 3.37. The molecule has 0 N–H and O–H groups in total. The summed E-state index contributed by atoms with van der Waals surface area (Å²) < 4.78 is 14.2. The molecule has 0 unspecified atom stereocenters. The van der Waals surface area contributed by atoms with Crippen molar-refractivity contribution in [1.82, 2.24) is 9.55 Å². The smallest absolute Gasteiger partial charge is 0.250 e. The molecule has 0 aliphatic heterocycles. The average molecular weight is 177 g/mol. The maximum Gasteiger partial charge on any atom is 0.250 e. The van der Waals surface area contributed by atoms with Crippen molar-refractivity contribution in [3.63, 3.8) is 0 Å². The first-order valence-electron chi connectivity index (χ1n) is 3.32. The van der Waals surface area contributed by atoms with E-state index < -0.39 is 5.95 Å². The lowest BCUT2D eigenvalue weighted by Gasteiger charge is -2.20. The largest absolute Gasteiger partial charge is 0.314 e. The summed E-state index contributed by atoms with van der Waals surface area (Å²) in [5.74, 6) is -0.610. The number of nitrogens with zero attached hydrogens (tertiary/aromatic N) is 2. The van der Waals surface area contributed by atoms with E-state index in [9.17, 15) is 4.39 Å². The van der Waals surface area contributed by atoms with Gasteiger partial charge in [-0.25, -0.2) is 4.98 Å². The lowest BCUT2D eigenvalue weighted by molar-refractivity contribution is 0.395. The molecule has 0 atom stereocenters. The molecule has 0 saturated heterocycles. The van der Waals surface area contributed by atoms with Crippen molar-refractivity contribution in [2.24, 2.45) is 0 Å². The Labute approximate surface area is 70.0 Å². The van der Waals surface area contributed by atoms with Crippen LogP contribution in [-0.4, -0.2) is 9.55 Å². The zero-order valence-electron chi connectivity index (χ0n) is 6.73. The third kappa shape index (κ3) is 1.53. The molecular weight excluding hydrogens is 167 g/mol. The van der Waals surface area contributed by atoms with E-state index in [1.165, 1.54) is 6.33 Å². The van der Waals surface area contributed by atoms with E-state index in [2.05, 4.69) is 4.98 Å². The van der Waals surface area contributed by atoms with Crippen LogP contribution in [0.4, 0.5) is 4.39 Å². The minimum absolute atomic E-state index is 0.0671. The van der Waals surface area contributed by atoms with Crippen LogP contribution in [0.5, 0.6) is 0 Å². The third-order valence-corrected chi connectivity index (χ3v) is 1.73. The predicted molar refractivity (Wildman–Crippen MR) is 42.2 cm³/mol. The minimum atomic E-state index is -0.610. The summed E-state index contributed by atoms with van der Waals surface area (Å²) in [6, 6.07) is 0. The van der Waals surface area contributed by atoms with Crippen LogP contribution in [0.3, 0.4) is 0 Å². The summed E-state index contributed by atoms with van der Waals surface area (Å²) in [6.07, 6.45) is 1.40. The SMILES string of the molecule is CC(C)(C)n1cnc(F)c1Cl. The topological polar surface area (TPSA) is 17.8 Å². The van der Waals surface area contributed by atoms with Gasteiger partial charge in [-0.1, -0.05) is 11.6 Å². The molecule has 1 aromatic heterocycles. The van der Waals surface area contributed by atoms with Gasteiger partial charge in [0.05, 0.1) is 6.33 Å². The number of halogens is 2. The Morgan fingerprint density at radius 3 is 2.27 bits per heavy atom. The van der Waals surface area contributed by atoms with E-state index in [0.717, 1.165) is 0 Å². The van der Waals surface area contributed by atoms with E-state index in [1.807, 2.05) is 20.8 Å². The van der Waals surface area contributed by atoms with Gasteiger partial charge in [0, 0.05) is 5.54 Å². The van der Waals surface area contributed by atoms with E-state index in [0.29, 0.717) is 0 Å². The van der Waals surface area contributed by atoms with Gasteiger partial charge >= 0.3 is 0 Å². The number of hydrogen-bond donors (Lipinski definition) is 0. The summed E-state index contributed by atoms with van der Waals surface area (Å²) in [5, 5.41) is 0.0671. The lowest BCUT2D eigenvalue weighted by atomic mass is 10.1. The summed E-state index contributed by atoms with van der Waals surface area (Å²) in [7, 11) is 0. The molecule has 1 rings (SSSR count). The molecule has 4 heteroatoms. The molecule has 0 radical (unpaired) electrons. The van der Waals surface area contributed by atoms with E-state index in [4.69, 9.17) is 11.6 Å². The number of imidazole rings is 1. The highest BCUT2D eigenvalue weighted by molar-refractivity contribution is 6.29. The zero-order valence-corrected chi connectivity index (χ0v) is 7.48. The fraction of sp³-hybridized carbons (Fsp3) is 0.571. The number of hydrogen-bond acceptors (Lipinski definition) is 1. The van der Waals surface area contributed by atoms with Crippen LogP contribution in [0.25, 0.3) is 0 Å².